The van der Waals surface area contributed by atoms with Crippen LogP contribution in [0.15, 0.2) is 101 Å². The van der Waals surface area contributed by atoms with Gasteiger partial charge in [-0.25, -0.2) is 0 Å². The Morgan fingerprint density at radius 1 is 0.919 bits per heavy atom. The zero-order valence-corrected chi connectivity index (χ0v) is 22.1. The summed E-state index contributed by atoms with van der Waals surface area (Å²) in [5.41, 5.74) is 1.63. The first-order valence-electron chi connectivity index (χ1n) is 11.3. The second-order valence-corrected chi connectivity index (χ2v) is 11.4. The van der Waals surface area contributed by atoms with Gasteiger partial charge in [-0.3, -0.25) is 9.69 Å². The second-order valence-electron chi connectivity index (χ2n) is 8.18. The Balaban J connectivity index is 1.40. The zero-order valence-electron chi connectivity index (χ0n) is 19.7. The van der Waals surface area contributed by atoms with Gasteiger partial charge >= 0.3 is 10.1 Å². The van der Waals surface area contributed by atoms with E-state index >= 15 is 0 Å². The summed E-state index contributed by atoms with van der Waals surface area (Å²) in [6.07, 6.45) is 1.70. The van der Waals surface area contributed by atoms with Gasteiger partial charge in [0.15, 0.2) is 11.5 Å². The van der Waals surface area contributed by atoms with Gasteiger partial charge in [0.1, 0.15) is 9.22 Å². The number of carbonyl (C=O) groups is 1. The van der Waals surface area contributed by atoms with Crippen molar-refractivity contribution in [2.45, 2.75) is 11.4 Å². The highest BCUT2D eigenvalue weighted by atomic mass is 32.2. The molecule has 0 atom stereocenters. The van der Waals surface area contributed by atoms with Crippen LogP contribution in [-0.2, 0) is 21.5 Å². The van der Waals surface area contributed by atoms with E-state index in [0.29, 0.717) is 26.7 Å². The van der Waals surface area contributed by atoms with Crippen molar-refractivity contribution in [3.05, 3.63) is 107 Å². The summed E-state index contributed by atoms with van der Waals surface area (Å²) in [4.78, 5) is 15.1. The number of thioether (sulfide) groups is 1. The molecule has 186 valence electrons. The fourth-order valence-corrected chi connectivity index (χ4v) is 6.39. The first-order chi connectivity index (χ1) is 17.9. The molecule has 1 heterocycles. The van der Waals surface area contributed by atoms with Gasteiger partial charge in [0.2, 0.25) is 0 Å². The normalized spacial score (nSPS) is 14.9. The molecule has 37 heavy (non-hydrogen) atoms. The SMILES string of the molecule is COc1cc(C=C2SC(=S)N(Cc3ccccc3)C2=O)ccc1OS(=O)(=O)c1cccc2ccccc12. The molecule has 0 saturated carbocycles. The van der Waals surface area contributed by atoms with E-state index in [1.54, 1.807) is 41.3 Å². The van der Waals surface area contributed by atoms with Crippen molar-refractivity contribution < 1.29 is 22.1 Å². The number of hydrogen-bond donors (Lipinski definition) is 0. The van der Waals surface area contributed by atoms with Crippen LogP contribution in [0, 0.1) is 0 Å². The first kappa shape index (κ1) is 25.0. The van der Waals surface area contributed by atoms with E-state index in [9.17, 15) is 13.2 Å². The molecule has 1 saturated heterocycles. The van der Waals surface area contributed by atoms with E-state index in [1.807, 2.05) is 48.5 Å². The lowest BCUT2D eigenvalue weighted by Gasteiger charge is -2.14. The molecule has 6 nitrogen and oxygen atoms in total. The van der Waals surface area contributed by atoms with Crippen LogP contribution >= 0.6 is 24.0 Å². The van der Waals surface area contributed by atoms with Crippen LogP contribution in [0.2, 0.25) is 0 Å². The highest BCUT2D eigenvalue weighted by Gasteiger charge is 2.32. The molecule has 0 radical (unpaired) electrons. The third-order valence-corrected chi connectivity index (χ3v) is 8.43. The van der Waals surface area contributed by atoms with Gasteiger partial charge in [0, 0.05) is 5.39 Å². The predicted molar refractivity (Wildman–Crippen MR) is 150 cm³/mol. The molecule has 0 unspecified atom stereocenters. The second kappa shape index (κ2) is 10.4. The van der Waals surface area contributed by atoms with Crippen molar-refractivity contribution in [2.75, 3.05) is 7.11 Å². The smallest absolute Gasteiger partial charge is 0.339 e. The minimum Gasteiger partial charge on any atom is -0.493 e. The van der Waals surface area contributed by atoms with E-state index in [4.69, 9.17) is 21.1 Å². The molecular formula is C28H21NO5S3. The number of rotatable bonds is 7. The van der Waals surface area contributed by atoms with E-state index < -0.39 is 10.1 Å². The quantitative estimate of drug-likeness (QED) is 0.159. The molecule has 1 aliphatic heterocycles. The molecule has 1 fully saturated rings. The van der Waals surface area contributed by atoms with E-state index in [0.717, 1.165) is 10.9 Å². The van der Waals surface area contributed by atoms with Crippen LogP contribution in [-0.4, -0.2) is 30.7 Å². The van der Waals surface area contributed by atoms with Crippen molar-refractivity contribution >= 4 is 61.2 Å². The Bertz CT molecular complexity index is 1640. The fourth-order valence-electron chi connectivity index (χ4n) is 3.97. The zero-order chi connectivity index (χ0) is 26.0. The molecule has 0 aliphatic carbocycles. The summed E-state index contributed by atoms with van der Waals surface area (Å²) < 4.78 is 37.7. The number of ether oxygens (including phenoxy) is 1. The third kappa shape index (κ3) is 5.24. The minimum absolute atomic E-state index is 0.0456. The average Bonchev–Trinajstić information content (AvgIpc) is 3.16. The van der Waals surface area contributed by atoms with E-state index in [-0.39, 0.29) is 22.3 Å². The molecule has 1 aliphatic rings. The monoisotopic (exact) mass is 547 g/mol. The number of benzene rings is 4. The van der Waals surface area contributed by atoms with Gasteiger partial charge in [-0.1, -0.05) is 96.8 Å². The molecule has 0 bridgehead atoms. The Kier molecular flexibility index (Phi) is 7.01. The van der Waals surface area contributed by atoms with E-state index in [2.05, 4.69) is 0 Å². The van der Waals surface area contributed by atoms with Crippen LogP contribution in [0.5, 0.6) is 11.5 Å². The summed E-state index contributed by atoms with van der Waals surface area (Å²) in [6.45, 7) is 0.394. The summed E-state index contributed by atoms with van der Waals surface area (Å²) in [7, 11) is -2.71. The number of thiocarbonyl (C=S) groups is 1. The van der Waals surface area contributed by atoms with Gasteiger partial charge < -0.3 is 8.92 Å². The lowest BCUT2D eigenvalue weighted by atomic mass is 10.1. The number of amides is 1. The van der Waals surface area contributed by atoms with Crippen molar-refractivity contribution in [1.82, 2.24) is 4.90 Å². The number of methoxy groups -OCH3 is 1. The summed E-state index contributed by atoms with van der Waals surface area (Å²) in [5.74, 6) is 0.0817. The van der Waals surface area contributed by atoms with Crippen molar-refractivity contribution in [3.8, 4) is 11.5 Å². The summed E-state index contributed by atoms with van der Waals surface area (Å²) in [6, 6.07) is 26.7. The molecule has 4 aromatic rings. The molecule has 9 heteroatoms. The van der Waals surface area contributed by atoms with Gasteiger partial charge in [-0.15, -0.1) is 0 Å². The van der Waals surface area contributed by atoms with Crippen LogP contribution in [0.1, 0.15) is 11.1 Å². The highest BCUT2D eigenvalue weighted by Crippen LogP contribution is 2.36. The van der Waals surface area contributed by atoms with Crippen LogP contribution in [0.3, 0.4) is 0 Å². The maximum absolute atomic E-state index is 13.2. The molecule has 5 rings (SSSR count). The Hall–Kier alpha value is -3.66. The number of hydrogen-bond acceptors (Lipinski definition) is 7. The standard InChI is InChI=1S/C28H21NO5S3/c1-33-24-16-20(17-25-27(30)29(28(35)36-25)18-19-8-3-2-4-9-19)14-15-23(24)34-37(31,32)26-13-7-11-21-10-5-6-12-22(21)26/h2-17H,18H2,1H3. The number of carbonyl (C=O) groups excluding carboxylic acids is 1. The molecule has 4 aromatic carbocycles. The highest BCUT2D eigenvalue weighted by molar-refractivity contribution is 8.26. The molecular weight excluding hydrogens is 527 g/mol. The maximum atomic E-state index is 13.2. The topological polar surface area (TPSA) is 72.9 Å². The summed E-state index contributed by atoms with van der Waals surface area (Å²) in [5, 5.41) is 1.36. The van der Waals surface area contributed by atoms with Crippen molar-refractivity contribution in [2.24, 2.45) is 0 Å². The van der Waals surface area contributed by atoms with Gasteiger partial charge in [0.25, 0.3) is 5.91 Å². The molecule has 0 spiro atoms. The Labute approximate surface area is 224 Å². The van der Waals surface area contributed by atoms with Crippen LogP contribution < -0.4 is 8.92 Å². The van der Waals surface area contributed by atoms with Crippen molar-refractivity contribution in [3.63, 3.8) is 0 Å². The molecule has 0 N–H and O–H groups in total. The third-order valence-electron chi connectivity index (χ3n) is 5.76. The minimum atomic E-state index is -4.14. The van der Waals surface area contributed by atoms with Gasteiger partial charge in [-0.2, -0.15) is 8.42 Å². The van der Waals surface area contributed by atoms with Gasteiger partial charge in [-0.05, 0) is 40.8 Å². The van der Waals surface area contributed by atoms with Gasteiger partial charge in [0.05, 0.1) is 18.6 Å². The Morgan fingerprint density at radius 2 is 1.65 bits per heavy atom. The molecule has 0 aromatic heterocycles. The largest absolute Gasteiger partial charge is 0.493 e. The predicted octanol–water partition coefficient (Wildman–Crippen LogP) is 6.02. The lowest BCUT2D eigenvalue weighted by Crippen LogP contribution is -2.27. The number of nitrogens with zero attached hydrogens (tertiary/aromatic N) is 1. The number of fused-ring (bicyclic) bond motifs is 1. The van der Waals surface area contributed by atoms with Crippen LogP contribution in [0.25, 0.3) is 16.8 Å². The fraction of sp³-hybridized carbons (Fsp3) is 0.0714. The average molecular weight is 548 g/mol. The van der Waals surface area contributed by atoms with Crippen molar-refractivity contribution in [1.29, 1.82) is 0 Å². The van der Waals surface area contributed by atoms with E-state index in [1.165, 1.54) is 31.0 Å². The lowest BCUT2D eigenvalue weighted by molar-refractivity contribution is -0.122. The first-order valence-corrected chi connectivity index (χ1v) is 13.9. The maximum Gasteiger partial charge on any atom is 0.339 e. The Morgan fingerprint density at radius 3 is 2.43 bits per heavy atom. The molecule has 1 amide bonds. The summed E-state index contributed by atoms with van der Waals surface area (Å²) >= 11 is 6.66. The van der Waals surface area contributed by atoms with Crippen LogP contribution in [0.4, 0.5) is 0 Å².